The van der Waals surface area contributed by atoms with Crippen LogP contribution >= 0.6 is 11.8 Å². The summed E-state index contributed by atoms with van der Waals surface area (Å²) in [5.74, 6) is 0.870. The lowest BCUT2D eigenvalue weighted by molar-refractivity contribution is -0.118. The molecule has 3 N–H and O–H groups in total. The molecule has 1 atom stereocenters. The lowest BCUT2D eigenvalue weighted by Gasteiger charge is -2.35. The first-order valence-electron chi connectivity index (χ1n) is 5.79. The van der Waals surface area contributed by atoms with Crippen LogP contribution in [0.1, 0.15) is 39.5 Å². The zero-order valence-corrected chi connectivity index (χ0v) is 10.9. The summed E-state index contributed by atoms with van der Waals surface area (Å²) in [4.78, 5) is 15.0. The standard InChI is InChI=1S/C11H21N3OS/c1-3-11(2)6-8-16-10(14-11)13-7-4-5-9(12)15/h3-8H2,1-2H3,(H2,12,15)(H,13,14). The third-order valence-corrected chi connectivity index (χ3v) is 3.83. The third-order valence-electron chi connectivity index (χ3n) is 2.92. The van der Waals surface area contributed by atoms with Gasteiger partial charge in [-0.05, 0) is 26.2 Å². The summed E-state index contributed by atoms with van der Waals surface area (Å²) in [6.45, 7) is 5.09. The molecule has 0 saturated carbocycles. The van der Waals surface area contributed by atoms with E-state index in [-0.39, 0.29) is 11.4 Å². The maximum atomic E-state index is 10.6. The Bertz CT molecular complexity index is 280. The molecule has 1 heterocycles. The SMILES string of the molecule is CCC1(C)CCSC(=NCCCC(N)=O)N1. The number of aliphatic imine (C=N–C) groups is 1. The number of primary amides is 1. The summed E-state index contributed by atoms with van der Waals surface area (Å²) in [7, 11) is 0. The molecule has 0 bridgehead atoms. The van der Waals surface area contributed by atoms with Gasteiger partial charge in [-0.3, -0.25) is 9.79 Å². The van der Waals surface area contributed by atoms with Crippen LogP contribution in [-0.2, 0) is 4.79 Å². The van der Waals surface area contributed by atoms with E-state index in [1.807, 2.05) is 0 Å². The predicted octanol–water partition coefficient (Wildman–Crippen LogP) is 1.50. The van der Waals surface area contributed by atoms with Crippen LogP contribution in [0.15, 0.2) is 4.99 Å². The first kappa shape index (κ1) is 13.4. The number of nitrogens with two attached hydrogens (primary N) is 1. The van der Waals surface area contributed by atoms with E-state index in [1.54, 1.807) is 11.8 Å². The van der Waals surface area contributed by atoms with E-state index in [1.165, 1.54) is 6.42 Å². The number of carbonyl (C=O) groups is 1. The molecule has 0 radical (unpaired) electrons. The van der Waals surface area contributed by atoms with E-state index in [0.717, 1.165) is 23.8 Å². The van der Waals surface area contributed by atoms with Crippen LogP contribution in [0.25, 0.3) is 0 Å². The van der Waals surface area contributed by atoms with Crippen molar-refractivity contribution in [1.82, 2.24) is 5.32 Å². The highest BCUT2D eigenvalue weighted by Gasteiger charge is 2.27. The van der Waals surface area contributed by atoms with Gasteiger partial charge in [0.2, 0.25) is 5.91 Å². The number of hydrogen-bond acceptors (Lipinski definition) is 3. The zero-order chi connectivity index (χ0) is 12.0. The van der Waals surface area contributed by atoms with E-state index in [0.29, 0.717) is 13.0 Å². The Morgan fingerprint density at radius 3 is 3.06 bits per heavy atom. The van der Waals surface area contributed by atoms with Crippen molar-refractivity contribution in [3.8, 4) is 0 Å². The Morgan fingerprint density at radius 2 is 2.44 bits per heavy atom. The van der Waals surface area contributed by atoms with Gasteiger partial charge in [-0.15, -0.1) is 0 Å². The maximum absolute atomic E-state index is 10.6. The van der Waals surface area contributed by atoms with Gasteiger partial charge in [0.25, 0.3) is 0 Å². The van der Waals surface area contributed by atoms with Crippen molar-refractivity contribution in [3.63, 3.8) is 0 Å². The molecule has 0 aromatic heterocycles. The number of rotatable bonds is 5. The average molecular weight is 243 g/mol. The van der Waals surface area contributed by atoms with Crippen LogP contribution < -0.4 is 11.1 Å². The predicted molar refractivity (Wildman–Crippen MR) is 69.6 cm³/mol. The number of thioether (sulfide) groups is 1. The quantitative estimate of drug-likeness (QED) is 0.719. The molecule has 0 aromatic carbocycles. The monoisotopic (exact) mass is 243 g/mol. The van der Waals surface area contributed by atoms with Crippen LogP contribution in [0.3, 0.4) is 0 Å². The molecule has 1 amide bonds. The molecule has 5 heteroatoms. The van der Waals surface area contributed by atoms with Gasteiger partial charge < -0.3 is 11.1 Å². The molecule has 1 fully saturated rings. The van der Waals surface area contributed by atoms with Crippen LogP contribution in [0.2, 0.25) is 0 Å². The van der Waals surface area contributed by atoms with Crippen LogP contribution in [-0.4, -0.2) is 28.9 Å². The van der Waals surface area contributed by atoms with Gasteiger partial charge in [-0.2, -0.15) is 0 Å². The lowest BCUT2D eigenvalue weighted by Crippen LogP contribution is -2.48. The third kappa shape index (κ3) is 4.43. The van der Waals surface area contributed by atoms with Crippen molar-refractivity contribution in [2.75, 3.05) is 12.3 Å². The van der Waals surface area contributed by atoms with Gasteiger partial charge in [0.05, 0.1) is 0 Å². The highest BCUT2D eigenvalue weighted by atomic mass is 32.2. The van der Waals surface area contributed by atoms with Crippen LogP contribution in [0.4, 0.5) is 0 Å². The Labute approximate surface area is 101 Å². The fraction of sp³-hybridized carbons (Fsp3) is 0.818. The van der Waals surface area contributed by atoms with Crippen molar-refractivity contribution in [2.45, 2.75) is 45.1 Å². The summed E-state index contributed by atoms with van der Waals surface area (Å²) in [6, 6.07) is 0. The fourth-order valence-electron chi connectivity index (χ4n) is 1.51. The molecule has 1 saturated heterocycles. The summed E-state index contributed by atoms with van der Waals surface area (Å²) in [6.07, 6.45) is 3.44. The maximum Gasteiger partial charge on any atom is 0.217 e. The topological polar surface area (TPSA) is 67.5 Å². The van der Waals surface area contributed by atoms with E-state index < -0.39 is 0 Å². The molecule has 1 rings (SSSR count). The van der Waals surface area contributed by atoms with Gasteiger partial charge in [0.15, 0.2) is 5.17 Å². The number of amides is 1. The van der Waals surface area contributed by atoms with E-state index >= 15 is 0 Å². The van der Waals surface area contributed by atoms with Gasteiger partial charge in [0.1, 0.15) is 0 Å². The molecule has 0 aliphatic carbocycles. The van der Waals surface area contributed by atoms with E-state index in [2.05, 4.69) is 24.2 Å². The van der Waals surface area contributed by atoms with Gasteiger partial charge in [0, 0.05) is 24.3 Å². The Balaban J connectivity index is 2.35. The number of amidine groups is 1. The van der Waals surface area contributed by atoms with Crippen molar-refractivity contribution in [3.05, 3.63) is 0 Å². The van der Waals surface area contributed by atoms with Gasteiger partial charge in [-0.25, -0.2) is 0 Å². The Hall–Kier alpha value is -0.710. The lowest BCUT2D eigenvalue weighted by atomic mass is 9.96. The highest BCUT2D eigenvalue weighted by molar-refractivity contribution is 8.13. The minimum atomic E-state index is -0.247. The van der Waals surface area contributed by atoms with Crippen LogP contribution in [0.5, 0.6) is 0 Å². The van der Waals surface area contributed by atoms with E-state index in [4.69, 9.17) is 5.73 Å². The summed E-state index contributed by atoms with van der Waals surface area (Å²) in [5, 5.41) is 4.48. The minimum Gasteiger partial charge on any atom is -0.370 e. The fourth-order valence-corrected chi connectivity index (χ4v) is 2.76. The minimum absolute atomic E-state index is 0.188. The first-order valence-corrected chi connectivity index (χ1v) is 6.78. The smallest absolute Gasteiger partial charge is 0.217 e. The highest BCUT2D eigenvalue weighted by Crippen LogP contribution is 2.24. The number of nitrogens with one attached hydrogen (secondary N) is 1. The number of hydrogen-bond donors (Lipinski definition) is 2. The summed E-state index contributed by atoms with van der Waals surface area (Å²) < 4.78 is 0. The largest absolute Gasteiger partial charge is 0.370 e. The van der Waals surface area contributed by atoms with Gasteiger partial charge >= 0.3 is 0 Å². The normalized spacial score (nSPS) is 27.8. The molecule has 92 valence electrons. The van der Waals surface area contributed by atoms with E-state index in [9.17, 15) is 4.79 Å². The molecular weight excluding hydrogens is 222 g/mol. The molecule has 0 aromatic rings. The van der Waals surface area contributed by atoms with Crippen LogP contribution in [0, 0.1) is 0 Å². The molecule has 1 unspecified atom stereocenters. The number of carbonyl (C=O) groups excluding carboxylic acids is 1. The second-order valence-corrected chi connectivity index (χ2v) is 5.48. The molecule has 1 aliphatic rings. The summed E-state index contributed by atoms with van der Waals surface area (Å²) >= 11 is 1.76. The molecule has 0 spiro atoms. The average Bonchev–Trinajstić information content (AvgIpc) is 2.24. The van der Waals surface area contributed by atoms with Crippen molar-refractivity contribution >= 4 is 22.8 Å². The molecule has 16 heavy (non-hydrogen) atoms. The van der Waals surface area contributed by atoms with Gasteiger partial charge in [-0.1, -0.05) is 18.7 Å². The second kappa shape index (κ2) is 6.13. The second-order valence-electron chi connectivity index (χ2n) is 4.39. The van der Waals surface area contributed by atoms with Crippen molar-refractivity contribution in [2.24, 2.45) is 10.7 Å². The zero-order valence-electron chi connectivity index (χ0n) is 10.1. The molecular formula is C11H21N3OS. The van der Waals surface area contributed by atoms with Crippen molar-refractivity contribution < 1.29 is 4.79 Å². The Morgan fingerprint density at radius 1 is 1.69 bits per heavy atom. The molecule has 4 nitrogen and oxygen atoms in total. The number of nitrogens with zero attached hydrogens (tertiary/aromatic N) is 1. The molecule has 1 aliphatic heterocycles. The Kier molecular flexibility index (Phi) is 5.12. The van der Waals surface area contributed by atoms with Crippen molar-refractivity contribution in [1.29, 1.82) is 0 Å². The first-order chi connectivity index (χ1) is 7.56. The summed E-state index contributed by atoms with van der Waals surface area (Å²) in [5.41, 5.74) is 5.26.